The number of rotatable bonds is 5. The Morgan fingerprint density at radius 2 is 2.10 bits per heavy atom. The Morgan fingerprint density at radius 1 is 1.30 bits per heavy atom. The van der Waals surface area contributed by atoms with E-state index in [2.05, 4.69) is 20.8 Å². The Hall–Kier alpha value is -2.54. The van der Waals surface area contributed by atoms with Gasteiger partial charge in [-0.3, -0.25) is 14.6 Å². The smallest absolute Gasteiger partial charge is 0.259 e. The summed E-state index contributed by atoms with van der Waals surface area (Å²) in [6.45, 7) is -0.136. The summed E-state index contributed by atoms with van der Waals surface area (Å²) in [6, 6.07) is 6.92. The van der Waals surface area contributed by atoms with E-state index in [1.165, 1.54) is 23.7 Å². The van der Waals surface area contributed by atoms with Crippen LogP contribution in [0.15, 0.2) is 47.1 Å². The summed E-state index contributed by atoms with van der Waals surface area (Å²) >= 11 is 1.51. The maximum absolute atomic E-state index is 11.7. The topological polar surface area (TPSA) is 83.5 Å². The van der Waals surface area contributed by atoms with Gasteiger partial charge in [-0.2, -0.15) is 5.10 Å². The van der Waals surface area contributed by atoms with Crippen LogP contribution in [0.5, 0.6) is 0 Å². The van der Waals surface area contributed by atoms with Crippen molar-refractivity contribution in [2.24, 2.45) is 5.10 Å². The van der Waals surface area contributed by atoms with Crippen LogP contribution in [0.1, 0.15) is 15.2 Å². The molecule has 7 heteroatoms. The number of carbonyl (C=O) groups is 2. The van der Waals surface area contributed by atoms with E-state index in [1.54, 1.807) is 18.3 Å². The van der Waals surface area contributed by atoms with Crippen molar-refractivity contribution in [3.8, 4) is 0 Å². The molecule has 0 aliphatic heterocycles. The van der Waals surface area contributed by atoms with Gasteiger partial charge in [0, 0.05) is 22.8 Å². The second-order valence-corrected chi connectivity index (χ2v) is 4.71. The number of hydrogen-bond donors (Lipinski definition) is 2. The number of thiophene rings is 1. The summed E-state index contributed by atoms with van der Waals surface area (Å²) in [6.07, 6.45) is 4.58. The van der Waals surface area contributed by atoms with Crippen molar-refractivity contribution in [2.45, 2.75) is 0 Å². The summed E-state index contributed by atoms with van der Waals surface area (Å²) < 4.78 is 0. The Kier molecular flexibility index (Phi) is 4.96. The van der Waals surface area contributed by atoms with Gasteiger partial charge < -0.3 is 5.32 Å². The van der Waals surface area contributed by atoms with Gasteiger partial charge >= 0.3 is 0 Å². The molecule has 0 fully saturated rings. The van der Waals surface area contributed by atoms with E-state index in [-0.39, 0.29) is 18.4 Å². The van der Waals surface area contributed by atoms with Crippen molar-refractivity contribution < 1.29 is 9.59 Å². The Bertz CT molecular complexity index is 596. The van der Waals surface area contributed by atoms with Crippen molar-refractivity contribution >= 4 is 29.4 Å². The number of aromatic nitrogens is 1. The summed E-state index contributed by atoms with van der Waals surface area (Å²) in [4.78, 5) is 27.9. The summed E-state index contributed by atoms with van der Waals surface area (Å²) in [5.74, 6) is -0.718. The lowest BCUT2D eigenvalue weighted by atomic mass is 10.2. The number of nitrogens with zero attached hydrogens (tertiary/aromatic N) is 2. The van der Waals surface area contributed by atoms with E-state index in [4.69, 9.17) is 0 Å². The Morgan fingerprint density at radius 3 is 2.80 bits per heavy atom. The second-order valence-electron chi connectivity index (χ2n) is 3.73. The first-order valence-electron chi connectivity index (χ1n) is 5.79. The number of amides is 2. The molecule has 0 aromatic carbocycles. The molecule has 0 saturated carbocycles. The quantitative estimate of drug-likeness (QED) is 0.636. The van der Waals surface area contributed by atoms with Crippen LogP contribution in [0.25, 0.3) is 0 Å². The fourth-order valence-corrected chi connectivity index (χ4v) is 1.92. The number of nitrogens with one attached hydrogen (secondary N) is 2. The first kappa shape index (κ1) is 13.9. The van der Waals surface area contributed by atoms with Gasteiger partial charge in [-0.25, -0.2) is 5.43 Å². The lowest BCUT2D eigenvalue weighted by Crippen LogP contribution is -2.34. The van der Waals surface area contributed by atoms with Crippen molar-refractivity contribution in [1.29, 1.82) is 0 Å². The fourth-order valence-electron chi connectivity index (χ4n) is 1.34. The molecule has 0 aliphatic carbocycles. The van der Waals surface area contributed by atoms with Gasteiger partial charge in [0.05, 0.1) is 12.8 Å². The summed E-state index contributed by atoms with van der Waals surface area (Å²) in [5, 5.41) is 8.20. The first-order chi connectivity index (χ1) is 9.75. The van der Waals surface area contributed by atoms with Gasteiger partial charge in [-0.15, -0.1) is 11.3 Å². The molecule has 2 heterocycles. The van der Waals surface area contributed by atoms with E-state index < -0.39 is 0 Å². The first-order valence-corrected chi connectivity index (χ1v) is 6.67. The number of carbonyl (C=O) groups excluding carboxylic acids is 2. The number of hydrazone groups is 1. The maximum atomic E-state index is 11.7. The van der Waals surface area contributed by atoms with Gasteiger partial charge in [-0.1, -0.05) is 6.07 Å². The SMILES string of the molecule is O=C(CNC(=O)c1ccncc1)N/N=C\c1cccs1. The van der Waals surface area contributed by atoms with E-state index in [9.17, 15) is 9.59 Å². The van der Waals surface area contributed by atoms with Gasteiger partial charge in [0.15, 0.2) is 0 Å². The van der Waals surface area contributed by atoms with Crippen molar-refractivity contribution in [3.05, 3.63) is 52.5 Å². The highest BCUT2D eigenvalue weighted by Gasteiger charge is 2.06. The van der Waals surface area contributed by atoms with E-state index in [1.807, 2.05) is 17.5 Å². The van der Waals surface area contributed by atoms with Crippen LogP contribution in [0.3, 0.4) is 0 Å². The molecule has 2 amide bonds. The normalized spacial score (nSPS) is 10.4. The molecule has 0 aliphatic rings. The van der Waals surface area contributed by atoms with E-state index >= 15 is 0 Å². The van der Waals surface area contributed by atoms with Gasteiger partial charge in [-0.05, 0) is 23.6 Å². The number of hydrogen-bond acceptors (Lipinski definition) is 5. The average Bonchev–Trinajstić information content (AvgIpc) is 2.99. The van der Waals surface area contributed by atoms with Crippen LogP contribution in [0.2, 0.25) is 0 Å². The molecule has 2 aromatic heterocycles. The third-order valence-corrected chi connectivity index (χ3v) is 3.08. The molecule has 0 bridgehead atoms. The standard InChI is InChI=1S/C13H12N4O2S/c18-12(17-16-8-11-2-1-7-20-11)9-15-13(19)10-3-5-14-6-4-10/h1-8H,9H2,(H,15,19)(H,17,18)/b16-8-. The predicted octanol–water partition coefficient (Wildman–Crippen LogP) is 1.02. The molecule has 2 aromatic rings. The van der Waals surface area contributed by atoms with Crippen molar-refractivity contribution in [1.82, 2.24) is 15.7 Å². The molecule has 102 valence electrons. The second kappa shape index (κ2) is 7.15. The molecule has 0 atom stereocenters. The van der Waals surface area contributed by atoms with E-state index in [0.717, 1.165) is 4.88 Å². The van der Waals surface area contributed by atoms with Crippen LogP contribution in [-0.2, 0) is 4.79 Å². The lowest BCUT2D eigenvalue weighted by Gasteiger charge is -2.03. The fraction of sp³-hybridized carbons (Fsp3) is 0.0769. The average molecular weight is 288 g/mol. The number of pyridine rings is 1. The van der Waals surface area contributed by atoms with Gasteiger partial charge in [0.1, 0.15) is 0 Å². The molecule has 6 nitrogen and oxygen atoms in total. The summed E-state index contributed by atoms with van der Waals surface area (Å²) in [5.41, 5.74) is 2.79. The maximum Gasteiger partial charge on any atom is 0.259 e. The van der Waals surface area contributed by atoms with Crippen LogP contribution < -0.4 is 10.7 Å². The lowest BCUT2D eigenvalue weighted by molar-refractivity contribution is -0.120. The molecule has 0 saturated heterocycles. The van der Waals surface area contributed by atoms with E-state index in [0.29, 0.717) is 5.56 Å². The third-order valence-electron chi connectivity index (χ3n) is 2.28. The minimum Gasteiger partial charge on any atom is -0.343 e. The largest absolute Gasteiger partial charge is 0.343 e. The minimum atomic E-state index is -0.389. The molecular weight excluding hydrogens is 276 g/mol. The van der Waals surface area contributed by atoms with Gasteiger partial charge in [0.25, 0.3) is 11.8 Å². The minimum absolute atomic E-state index is 0.136. The molecule has 2 rings (SSSR count). The predicted molar refractivity (Wildman–Crippen MR) is 76.6 cm³/mol. The van der Waals surface area contributed by atoms with Crippen molar-refractivity contribution in [2.75, 3.05) is 6.54 Å². The molecule has 0 unspecified atom stereocenters. The Labute approximate surface area is 119 Å². The third kappa shape index (κ3) is 4.29. The van der Waals surface area contributed by atoms with Crippen LogP contribution >= 0.6 is 11.3 Å². The Balaban J connectivity index is 1.74. The molecule has 2 N–H and O–H groups in total. The highest BCUT2D eigenvalue weighted by Crippen LogP contribution is 2.03. The van der Waals surface area contributed by atoms with Gasteiger partial charge in [0.2, 0.25) is 0 Å². The zero-order chi connectivity index (χ0) is 14.2. The molecular formula is C13H12N4O2S. The highest BCUT2D eigenvalue weighted by atomic mass is 32.1. The molecule has 0 spiro atoms. The van der Waals surface area contributed by atoms with Crippen LogP contribution in [0.4, 0.5) is 0 Å². The monoisotopic (exact) mass is 288 g/mol. The zero-order valence-electron chi connectivity index (χ0n) is 10.4. The zero-order valence-corrected chi connectivity index (χ0v) is 11.3. The van der Waals surface area contributed by atoms with Crippen LogP contribution in [0, 0.1) is 0 Å². The van der Waals surface area contributed by atoms with Crippen molar-refractivity contribution in [3.63, 3.8) is 0 Å². The highest BCUT2D eigenvalue weighted by molar-refractivity contribution is 7.11. The van der Waals surface area contributed by atoms with Crippen LogP contribution in [-0.4, -0.2) is 29.6 Å². The molecule has 0 radical (unpaired) electrons. The summed E-state index contributed by atoms with van der Waals surface area (Å²) in [7, 11) is 0. The molecule has 20 heavy (non-hydrogen) atoms.